The standard InChI is InChI=1S/C21H20N4O3S/c1-13(2)29(26,27)15-9-7-14(8-10-15)18-12-23-21-20(25-18)16(11-22-21)17-5-4-6-19(24-17)28-3/h4-13H,1-3H3,(H,22,23). The van der Waals surface area contributed by atoms with Crippen LogP contribution in [0.25, 0.3) is 33.7 Å². The first kappa shape index (κ1) is 19.1. The van der Waals surface area contributed by atoms with Crippen LogP contribution in [0.4, 0.5) is 0 Å². The molecule has 0 bridgehead atoms. The zero-order chi connectivity index (χ0) is 20.6. The van der Waals surface area contributed by atoms with E-state index < -0.39 is 15.1 Å². The highest BCUT2D eigenvalue weighted by atomic mass is 32.2. The number of H-pyrrole nitrogens is 1. The number of benzene rings is 1. The van der Waals surface area contributed by atoms with Crippen LogP contribution >= 0.6 is 0 Å². The second-order valence-corrected chi connectivity index (χ2v) is 9.34. The summed E-state index contributed by atoms with van der Waals surface area (Å²) in [5.41, 5.74) is 4.30. The van der Waals surface area contributed by atoms with Gasteiger partial charge in [0.2, 0.25) is 5.88 Å². The molecule has 7 nitrogen and oxygen atoms in total. The Kier molecular flexibility index (Phi) is 4.79. The van der Waals surface area contributed by atoms with Gasteiger partial charge >= 0.3 is 0 Å². The van der Waals surface area contributed by atoms with Crippen molar-refractivity contribution in [2.45, 2.75) is 24.0 Å². The zero-order valence-electron chi connectivity index (χ0n) is 16.2. The fraction of sp³-hybridized carbons (Fsp3) is 0.190. The lowest BCUT2D eigenvalue weighted by molar-refractivity contribution is 0.398. The third kappa shape index (κ3) is 3.47. The normalized spacial score (nSPS) is 11.9. The number of methoxy groups -OCH3 is 1. The first-order chi connectivity index (χ1) is 13.9. The predicted molar refractivity (Wildman–Crippen MR) is 111 cm³/mol. The SMILES string of the molecule is COc1cccc(-c2c[nH]c3ncc(-c4ccc(S(=O)(=O)C(C)C)cc4)nc23)n1. The van der Waals surface area contributed by atoms with Gasteiger partial charge in [0, 0.05) is 23.4 Å². The monoisotopic (exact) mass is 408 g/mol. The minimum Gasteiger partial charge on any atom is -0.481 e. The number of hydrogen-bond donors (Lipinski definition) is 1. The smallest absolute Gasteiger partial charge is 0.213 e. The predicted octanol–water partition coefficient (Wildman–Crippen LogP) is 3.88. The van der Waals surface area contributed by atoms with Gasteiger partial charge in [-0.1, -0.05) is 18.2 Å². The molecule has 0 spiro atoms. The highest BCUT2D eigenvalue weighted by Crippen LogP contribution is 2.29. The first-order valence-corrected chi connectivity index (χ1v) is 10.6. The fourth-order valence-electron chi connectivity index (χ4n) is 2.99. The second kappa shape index (κ2) is 7.29. The molecule has 1 aromatic carbocycles. The lowest BCUT2D eigenvalue weighted by Crippen LogP contribution is -2.13. The number of nitrogens with zero attached hydrogens (tertiary/aromatic N) is 3. The summed E-state index contributed by atoms with van der Waals surface area (Å²) in [6.07, 6.45) is 3.47. The van der Waals surface area contributed by atoms with E-state index >= 15 is 0 Å². The summed E-state index contributed by atoms with van der Waals surface area (Å²) in [7, 11) is -1.74. The van der Waals surface area contributed by atoms with Crippen molar-refractivity contribution in [1.29, 1.82) is 0 Å². The molecule has 3 heterocycles. The first-order valence-electron chi connectivity index (χ1n) is 9.10. The molecule has 0 fully saturated rings. The van der Waals surface area contributed by atoms with Crippen molar-refractivity contribution >= 4 is 21.0 Å². The van der Waals surface area contributed by atoms with Crippen LogP contribution in [0.5, 0.6) is 5.88 Å². The largest absolute Gasteiger partial charge is 0.481 e. The summed E-state index contributed by atoms with van der Waals surface area (Å²) in [6, 6.07) is 12.2. The van der Waals surface area contributed by atoms with Gasteiger partial charge in [-0.25, -0.2) is 23.4 Å². The van der Waals surface area contributed by atoms with Gasteiger partial charge in [0.15, 0.2) is 15.5 Å². The Morgan fingerprint density at radius 1 is 1.00 bits per heavy atom. The van der Waals surface area contributed by atoms with Crippen LogP contribution in [0.15, 0.2) is 59.8 Å². The van der Waals surface area contributed by atoms with Crippen LogP contribution in [-0.4, -0.2) is 40.7 Å². The highest BCUT2D eigenvalue weighted by molar-refractivity contribution is 7.92. The van der Waals surface area contributed by atoms with E-state index in [1.165, 1.54) is 0 Å². The molecule has 4 rings (SSSR count). The number of ether oxygens (including phenoxy) is 1. The summed E-state index contributed by atoms with van der Waals surface area (Å²) >= 11 is 0. The average molecular weight is 408 g/mol. The number of rotatable bonds is 5. The Balaban J connectivity index is 1.76. The zero-order valence-corrected chi connectivity index (χ0v) is 17.1. The molecule has 0 aliphatic heterocycles. The molecular formula is C21H20N4O3S. The Morgan fingerprint density at radius 3 is 2.45 bits per heavy atom. The van der Waals surface area contributed by atoms with E-state index in [0.717, 1.165) is 16.8 Å². The van der Waals surface area contributed by atoms with Gasteiger partial charge in [0.1, 0.15) is 5.52 Å². The van der Waals surface area contributed by atoms with Crippen LogP contribution < -0.4 is 4.74 Å². The summed E-state index contributed by atoms with van der Waals surface area (Å²) < 4.78 is 29.9. The van der Waals surface area contributed by atoms with Gasteiger partial charge in [0.05, 0.1) is 34.8 Å². The van der Waals surface area contributed by atoms with Crippen LogP contribution in [0.1, 0.15) is 13.8 Å². The van der Waals surface area contributed by atoms with Crippen molar-refractivity contribution in [2.75, 3.05) is 7.11 Å². The van der Waals surface area contributed by atoms with E-state index in [2.05, 4.69) is 15.0 Å². The van der Waals surface area contributed by atoms with E-state index in [-0.39, 0.29) is 0 Å². The maximum atomic E-state index is 12.3. The molecule has 29 heavy (non-hydrogen) atoms. The lowest BCUT2D eigenvalue weighted by atomic mass is 10.1. The van der Waals surface area contributed by atoms with Crippen LogP contribution in [0.3, 0.4) is 0 Å². The molecule has 1 N–H and O–H groups in total. The van der Waals surface area contributed by atoms with Crippen LogP contribution in [-0.2, 0) is 9.84 Å². The lowest BCUT2D eigenvalue weighted by Gasteiger charge is -2.08. The van der Waals surface area contributed by atoms with Crippen LogP contribution in [0.2, 0.25) is 0 Å². The van der Waals surface area contributed by atoms with Gasteiger partial charge in [-0.05, 0) is 32.0 Å². The minimum absolute atomic E-state index is 0.299. The summed E-state index contributed by atoms with van der Waals surface area (Å²) in [5.74, 6) is 0.517. The van der Waals surface area contributed by atoms with E-state index in [4.69, 9.17) is 9.72 Å². The van der Waals surface area contributed by atoms with Gasteiger partial charge < -0.3 is 9.72 Å². The van der Waals surface area contributed by atoms with Crippen molar-refractivity contribution in [3.05, 3.63) is 54.9 Å². The van der Waals surface area contributed by atoms with Crippen molar-refractivity contribution in [3.8, 4) is 28.4 Å². The number of sulfone groups is 1. The molecular weight excluding hydrogens is 388 g/mol. The van der Waals surface area contributed by atoms with Crippen molar-refractivity contribution < 1.29 is 13.2 Å². The van der Waals surface area contributed by atoms with Gasteiger partial charge in [-0.3, -0.25) is 0 Å². The molecule has 0 radical (unpaired) electrons. The van der Waals surface area contributed by atoms with Gasteiger partial charge in [0.25, 0.3) is 0 Å². The number of aromatic amines is 1. The summed E-state index contributed by atoms with van der Waals surface area (Å²) in [6.45, 7) is 3.34. The van der Waals surface area contributed by atoms with E-state index in [1.54, 1.807) is 57.5 Å². The molecule has 0 atom stereocenters. The molecule has 8 heteroatoms. The molecule has 0 unspecified atom stereocenters. The Hall–Kier alpha value is -3.26. The van der Waals surface area contributed by atoms with E-state index in [9.17, 15) is 8.42 Å². The van der Waals surface area contributed by atoms with E-state index in [0.29, 0.717) is 27.6 Å². The minimum atomic E-state index is -3.31. The number of hydrogen-bond acceptors (Lipinski definition) is 6. The Morgan fingerprint density at radius 2 is 1.76 bits per heavy atom. The van der Waals surface area contributed by atoms with Crippen molar-refractivity contribution in [1.82, 2.24) is 19.9 Å². The molecule has 0 aliphatic rings. The van der Waals surface area contributed by atoms with E-state index in [1.807, 2.05) is 18.3 Å². The maximum Gasteiger partial charge on any atom is 0.213 e. The van der Waals surface area contributed by atoms with Gasteiger partial charge in [-0.15, -0.1) is 0 Å². The average Bonchev–Trinajstić information content (AvgIpc) is 3.17. The molecule has 0 aliphatic carbocycles. The molecule has 0 amide bonds. The molecule has 0 saturated carbocycles. The Bertz CT molecular complexity index is 1280. The fourth-order valence-corrected chi connectivity index (χ4v) is 4.05. The Labute approximate surface area is 168 Å². The quantitative estimate of drug-likeness (QED) is 0.538. The molecule has 4 aromatic rings. The summed E-state index contributed by atoms with van der Waals surface area (Å²) in [4.78, 5) is 17.1. The summed E-state index contributed by atoms with van der Waals surface area (Å²) in [5, 5.41) is -0.470. The number of nitrogens with one attached hydrogen (secondary N) is 1. The molecule has 148 valence electrons. The third-order valence-electron chi connectivity index (χ3n) is 4.69. The number of aromatic nitrogens is 4. The maximum absolute atomic E-state index is 12.3. The van der Waals surface area contributed by atoms with Gasteiger partial charge in [-0.2, -0.15) is 0 Å². The number of fused-ring (bicyclic) bond motifs is 1. The topological polar surface area (TPSA) is 97.8 Å². The highest BCUT2D eigenvalue weighted by Gasteiger charge is 2.19. The third-order valence-corrected chi connectivity index (χ3v) is 6.86. The second-order valence-electron chi connectivity index (χ2n) is 6.84. The number of pyridine rings is 1. The molecule has 3 aromatic heterocycles. The van der Waals surface area contributed by atoms with Crippen molar-refractivity contribution in [3.63, 3.8) is 0 Å². The van der Waals surface area contributed by atoms with Crippen LogP contribution in [0, 0.1) is 0 Å². The van der Waals surface area contributed by atoms with Crippen molar-refractivity contribution in [2.24, 2.45) is 0 Å². The molecule has 0 saturated heterocycles.